The molecule has 0 aliphatic heterocycles. The van der Waals surface area contributed by atoms with E-state index in [1.54, 1.807) is 12.4 Å². The zero-order valence-electron chi connectivity index (χ0n) is 19.8. The summed E-state index contributed by atoms with van der Waals surface area (Å²) >= 11 is 1.45. The van der Waals surface area contributed by atoms with Gasteiger partial charge in [-0.1, -0.05) is 17.4 Å². The lowest BCUT2D eigenvalue weighted by molar-refractivity contribution is -0.123. The summed E-state index contributed by atoms with van der Waals surface area (Å²) < 4.78 is 6.75. The number of hydrogen-bond donors (Lipinski definition) is 3. The Labute approximate surface area is 212 Å². The van der Waals surface area contributed by atoms with Crippen molar-refractivity contribution in [1.82, 2.24) is 20.3 Å². The molecule has 1 amide bonds. The molecule has 9 nitrogen and oxygen atoms in total. The lowest BCUT2D eigenvalue weighted by Gasteiger charge is -2.36. The van der Waals surface area contributed by atoms with E-state index < -0.39 is 6.10 Å². The van der Waals surface area contributed by atoms with Crippen LogP contribution >= 0.6 is 11.3 Å². The van der Waals surface area contributed by atoms with E-state index in [4.69, 9.17) is 4.74 Å². The number of hydrogen-bond acceptors (Lipinski definition) is 9. The third kappa shape index (κ3) is 4.84. The van der Waals surface area contributed by atoms with E-state index in [-0.39, 0.29) is 36.1 Å². The second-order valence-corrected chi connectivity index (χ2v) is 11.2. The van der Waals surface area contributed by atoms with Crippen molar-refractivity contribution in [2.45, 2.75) is 75.3 Å². The van der Waals surface area contributed by atoms with Crippen molar-refractivity contribution in [2.75, 3.05) is 5.32 Å². The van der Waals surface area contributed by atoms with E-state index in [1.807, 2.05) is 18.2 Å². The average Bonchev–Trinajstić information content (AvgIpc) is 3.34. The first-order valence-corrected chi connectivity index (χ1v) is 13.3. The average molecular weight is 505 g/mol. The molecule has 3 fully saturated rings. The molecule has 3 saturated carbocycles. The van der Waals surface area contributed by atoms with Crippen LogP contribution in [0.4, 0.5) is 5.13 Å². The fraction of sp³-hybridized carbons (Fsp3) is 0.500. The van der Waals surface area contributed by atoms with E-state index in [1.165, 1.54) is 11.3 Å². The maximum Gasteiger partial charge on any atom is 0.229 e. The molecule has 36 heavy (non-hydrogen) atoms. The van der Waals surface area contributed by atoms with Crippen molar-refractivity contribution in [3.8, 4) is 17.2 Å². The summed E-state index contributed by atoms with van der Waals surface area (Å²) in [5.41, 5.74) is 2.36. The Kier molecular flexibility index (Phi) is 6.17. The van der Waals surface area contributed by atoms with Crippen LogP contribution in [0.15, 0.2) is 30.6 Å². The number of thiazole rings is 1. The van der Waals surface area contributed by atoms with Crippen molar-refractivity contribution in [3.05, 3.63) is 36.4 Å². The van der Waals surface area contributed by atoms with Gasteiger partial charge in [0.2, 0.25) is 5.91 Å². The van der Waals surface area contributed by atoms with Crippen LogP contribution in [0.2, 0.25) is 0 Å². The minimum Gasteiger partial charge on any atom is -0.390 e. The smallest absolute Gasteiger partial charge is 0.229 e. The number of ether oxygens (including phenoxy) is 1. The van der Waals surface area contributed by atoms with Gasteiger partial charge in [0.15, 0.2) is 11.0 Å². The number of carbonyl (C=O) groups excluding carboxylic acids is 1. The molecule has 186 valence electrons. The molecule has 2 atom stereocenters. The normalized spacial score (nSPS) is 26.3. The molecule has 3 N–H and O–H groups in total. The zero-order chi connectivity index (χ0) is 24.7. The van der Waals surface area contributed by atoms with Crippen LogP contribution in [0.25, 0.3) is 21.3 Å². The topological polar surface area (TPSA) is 133 Å². The van der Waals surface area contributed by atoms with E-state index in [9.17, 15) is 15.2 Å². The van der Waals surface area contributed by atoms with Gasteiger partial charge in [0.25, 0.3) is 0 Å². The number of aliphatic hydroxyl groups excluding tert-OH is 1. The van der Waals surface area contributed by atoms with Crippen molar-refractivity contribution >= 4 is 32.6 Å². The van der Waals surface area contributed by atoms with Gasteiger partial charge in [-0.05, 0) is 62.6 Å². The molecule has 6 rings (SSSR count). The second kappa shape index (κ2) is 9.48. The predicted molar refractivity (Wildman–Crippen MR) is 135 cm³/mol. The molecule has 0 radical (unpaired) electrons. The summed E-state index contributed by atoms with van der Waals surface area (Å²) in [6.45, 7) is 0.288. The largest absolute Gasteiger partial charge is 0.390 e. The van der Waals surface area contributed by atoms with Crippen LogP contribution in [0, 0.1) is 17.2 Å². The first-order chi connectivity index (χ1) is 17.5. The summed E-state index contributed by atoms with van der Waals surface area (Å²) in [6, 6.07) is 8.54. The molecule has 10 heteroatoms. The standard InChI is InChI=1S/C26H28N6O3S/c27-14-26(6-7-26)32-18-8-16(9-18)24(34)31-25-30-19-5-4-15(10-22(19)36-25)17-11-28-23(29-12-17)13-35-21-3-1-2-20(21)33/h4-5,10-12,16,18,20-21,32-33H,1-3,6-9,13H2,(H,30,31,34)/t16?,18?,20-,21-/m0/s1. The third-order valence-corrected chi connectivity index (χ3v) is 8.39. The molecular weight excluding hydrogens is 476 g/mol. The number of benzene rings is 1. The summed E-state index contributed by atoms with van der Waals surface area (Å²) in [6.07, 6.45) is 9.01. The molecule has 0 saturated heterocycles. The fourth-order valence-electron chi connectivity index (χ4n) is 4.98. The highest BCUT2D eigenvalue weighted by Gasteiger charge is 2.47. The number of carbonyl (C=O) groups is 1. The number of aliphatic hydroxyl groups is 1. The number of rotatable bonds is 8. The Morgan fingerprint density at radius 2 is 2.03 bits per heavy atom. The van der Waals surface area contributed by atoms with Crippen LogP contribution < -0.4 is 10.6 Å². The first-order valence-electron chi connectivity index (χ1n) is 12.5. The highest BCUT2D eigenvalue weighted by Crippen LogP contribution is 2.39. The van der Waals surface area contributed by atoms with Crippen molar-refractivity contribution in [2.24, 2.45) is 5.92 Å². The van der Waals surface area contributed by atoms with Gasteiger partial charge in [0.05, 0.1) is 28.5 Å². The van der Waals surface area contributed by atoms with Gasteiger partial charge in [-0.15, -0.1) is 0 Å². The highest BCUT2D eigenvalue weighted by atomic mass is 32.1. The number of anilines is 1. The van der Waals surface area contributed by atoms with Gasteiger partial charge < -0.3 is 15.2 Å². The van der Waals surface area contributed by atoms with Gasteiger partial charge in [-0.2, -0.15) is 5.26 Å². The SMILES string of the molecule is N#CC1(NC2CC(C(=O)Nc3nc4ccc(-c5cnc(CO[C@H]6CCC[C@@H]6O)nc5)cc4s3)C2)CC1. The van der Waals surface area contributed by atoms with Gasteiger partial charge in [-0.3, -0.25) is 10.1 Å². The molecular formula is C26H28N6O3S. The maximum atomic E-state index is 12.7. The van der Waals surface area contributed by atoms with Gasteiger partial charge in [0, 0.05) is 29.9 Å². The Morgan fingerprint density at radius 1 is 1.22 bits per heavy atom. The fourth-order valence-corrected chi connectivity index (χ4v) is 5.89. The third-order valence-electron chi connectivity index (χ3n) is 7.45. The van der Waals surface area contributed by atoms with Crippen LogP contribution in [-0.2, 0) is 16.1 Å². The van der Waals surface area contributed by atoms with Crippen molar-refractivity contribution in [3.63, 3.8) is 0 Å². The molecule has 3 aromatic rings. The van der Waals surface area contributed by atoms with E-state index in [2.05, 4.69) is 31.7 Å². The molecule has 3 aliphatic carbocycles. The number of aromatic nitrogens is 3. The van der Waals surface area contributed by atoms with E-state index in [0.29, 0.717) is 11.0 Å². The number of nitriles is 1. The van der Waals surface area contributed by atoms with Crippen molar-refractivity contribution < 1.29 is 14.6 Å². The van der Waals surface area contributed by atoms with Gasteiger partial charge >= 0.3 is 0 Å². The molecule has 0 unspecified atom stereocenters. The lowest BCUT2D eigenvalue weighted by Crippen LogP contribution is -2.50. The molecule has 0 spiro atoms. The van der Waals surface area contributed by atoms with E-state index in [0.717, 1.165) is 66.3 Å². The molecule has 2 heterocycles. The van der Waals surface area contributed by atoms with E-state index >= 15 is 0 Å². The Bertz CT molecular complexity index is 1310. The molecule has 0 bridgehead atoms. The van der Waals surface area contributed by atoms with Crippen LogP contribution in [-0.4, -0.2) is 49.8 Å². The second-order valence-electron chi connectivity index (χ2n) is 10.1. The summed E-state index contributed by atoms with van der Waals surface area (Å²) in [5.74, 6) is 0.539. The minimum absolute atomic E-state index is 0.00883. The monoisotopic (exact) mass is 504 g/mol. The van der Waals surface area contributed by atoms with Crippen LogP contribution in [0.5, 0.6) is 0 Å². The lowest BCUT2D eigenvalue weighted by atomic mass is 9.79. The Hall–Kier alpha value is -2.97. The highest BCUT2D eigenvalue weighted by molar-refractivity contribution is 7.22. The number of nitrogens with zero attached hydrogens (tertiary/aromatic N) is 4. The summed E-state index contributed by atoms with van der Waals surface area (Å²) in [7, 11) is 0. The predicted octanol–water partition coefficient (Wildman–Crippen LogP) is 3.55. The Morgan fingerprint density at radius 3 is 2.72 bits per heavy atom. The Balaban J connectivity index is 1.05. The van der Waals surface area contributed by atoms with Gasteiger partial charge in [-0.25, -0.2) is 15.0 Å². The van der Waals surface area contributed by atoms with Crippen LogP contribution in [0.3, 0.4) is 0 Å². The minimum atomic E-state index is -0.392. The molecule has 2 aromatic heterocycles. The van der Waals surface area contributed by atoms with Crippen LogP contribution in [0.1, 0.15) is 50.8 Å². The maximum absolute atomic E-state index is 12.7. The number of amides is 1. The first kappa shape index (κ1) is 23.4. The summed E-state index contributed by atoms with van der Waals surface area (Å²) in [5, 5.41) is 26.1. The van der Waals surface area contributed by atoms with Gasteiger partial charge in [0.1, 0.15) is 12.1 Å². The number of fused-ring (bicyclic) bond motifs is 1. The summed E-state index contributed by atoms with van der Waals surface area (Å²) in [4.78, 5) is 26.1. The quantitative estimate of drug-likeness (QED) is 0.424. The number of nitrogens with one attached hydrogen (secondary N) is 2. The molecule has 3 aliphatic rings. The van der Waals surface area contributed by atoms with Crippen molar-refractivity contribution in [1.29, 1.82) is 5.26 Å². The molecule has 1 aromatic carbocycles. The zero-order valence-corrected chi connectivity index (χ0v) is 20.6.